The molecule has 3 N–H and O–H groups in total. The standard InChI is InChI=1S/C15H20N2O2/c16-15(14(18)19)12-6-7-13(15)10-17(9-12)8-11-4-2-1-3-5-11/h1-5,12-13H,6-10,16H2,(H,18,19)/t12-,13-/m1/s1. The second-order valence-corrected chi connectivity index (χ2v) is 5.89. The van der Waals surface area contributed by atoms with E-state index in [0.29, 0.717) is 0 Å². The summed E-state index contributed by atoms with van der Waals surface area (Å²) in [6.45, 7) is 2.49. The lowest BCUT2D eigenvalue weighted by molar-refractivity contribution is -0.149. The molecule has 102 valence electrons. The minimum Gasteiger partial charge on any atom is -0.480 e. The highest BCUT2D eigenvalue weighted by molar-refractivity contribution is 5.80. The molecule has 0 aromatic heterocycles. The quantitative estimate of drug-likeness (QED) is 0.860. The SMILES string of the molecule is NC1(C(=O)O)[C@@H]2CC[C@@H]1CN(Cc1ccccc1)C2. The van der Waals surface area contributed by atoms with Gasteiger partial charge in [-0.1, -0.05) is 30.3 Å². The number of hydrogen-bond donors (Lipinski definition) is 2. The van der Waals surface area contributed by atoms with Gasteiger partial charge in [-0.25, -0.2) is 0 Å². The van der Waals surface area contributed by atoms with Gasteiger partial charge in [0.1, 0.15) is 5.54 Å². The Morgan fingerprint density at radius 1 is 1.26 bits per heavy atom. The van der Waals surface area contributed by atoms with Crippen LogP contribution in [0.2, 0.25) is 0 Å². The maximum Gasteiger partial charge on any atom is 0.324 e. The van der Waals surface area contributed by atoms with Crippen molar-refractivity contribution in [1.29, 1.82) is 0 Å². The van der Waals surface area contributed by atoms with E-state index in [1.807, 2.05) is 18.2 Å². The fourth-order valence-electron chi connectivity index (χ4n) is 3.72. The zero-order chi connectivity index (χ0) is 13.5. The summed E-state index contributed by atoms with van der Waals surface area (Å²) < 4.78 is 0. The van der Waals surface area contributed by atoms with Gasteiger partial charge in [0, 0.05) is 31.5 Å². The Balaban J connectivity index is 1.73. The largest absolute Gasteiger partial charge is 0.480 e. The maximum atomic E-state index is 11.5. The highest BCUT2D eigenvalue weighted by Crippen LogP contribution is 2.43. The molecule has 4 heteroatoms. The number of carboxylic acid groups (broad SMARTS) is 1. The van der Waals surface area contributed by atoms with E-state index in [1.54, 1.807) is 0 Å². The number of aliphatic carboxylic acids is 1. The topological polar surface area (TPSA) is 66.6 Å². The van der Waals surface area contributed by atoms with Crippen LogP contribution in [0.5, 0.6) is 0 Å². The molecule has 1 saturated carbocycles. The highest BCUT2D eigenvalue weighted by atomic mass is 16.4. The van der Waals surface area contributed by atoms with Gasteiger partial charge >= 0.3 is 5.97 Å². The molecule has 0 spiro atoms. The molecule has 1 heterocycles. The van der Waals surface area contributed by atoms with Crippen LogP contribution in [0.1, 0.15) is 18.4 Å². The number of benzene rings is 1. The first-order chi connectivity index (χ1) is 9.10. The van der Waals surface area contributed by atoms with Crippen LogP contribution in [0, 0.1) is 11.8 Å². The van der Waals surface area contributed by atoms with Gasteiger partial charge in [0.05, 0.1) is 0 Å². The van der Waals surface area contributed by atoms with Crippen LogP contribution < -0.4 is 5.73 Å². The van der Waals surface area contributed by atoms with E-state index in [2.05, 4.69) is 17.0 Å². The number of nitrogens with two attached hydrogens (primary N) is 1. The number of nitrogens with zero attached hydrogens (tertiary/aromatic N) is 1. The summed E-state index contributed by atoms with van der Waals surface area (Å²) in [5, 5.41) is 9.41. The molecule has 1 aliphatic heterocycles. The Bertz CT molecular complexity index is 460. The molecular formula is C15H20N2O2. The van der Waals surface area contributed by atoms with Crippen LogP contribution in [0.15, 0.2) is 30.3 Å². The van der Waals surface area contributed by atoms with Gasteiger partial charge in [-0.05, 0) is 18.4 Å². The zero-order valence-electron chi connectivity index (χ0n) is 11.0. The maximum absolute atomic E-state index is 11.5. The number of hydrogen-bond acceptors (Lipinski definition) is 3. The first kappa shape index (κ1) is 12.6. The lowest BCUT2D eigenvalue weighted by Gasteiger charge is -2.42. The van der Waals surface area contributed by atoms with Gasteiger partial charge in [-0.15, -0.1) is 0 Å². The van der Waals surface area contributed by atoms with E-state index in [9.17, 15) is 9.90 Å². The average Bonchev–Trinajstić information content (AvgIpc) is 2.60. The summed E-state index contributed by atoms with van der Waals surface area (Å²) in [6.07, 6.45) is 1.89. The fourth-order valence-corrected chi connectivity index (χ4v) is 3.72. The number of piperidine rings is 1. The van der Waals surface area contributed by atoms with E-state index in [0.717, 1.165) is 32.5 Å². The zero-order valence-corrected chi connectivity index (χ0v) is 11.0. The normalized spacial score (nSPS) is 34.4. The summed E-state index contributed by atoms with van der Waals surface area (Å²) in [6, 6.07) is 10.3. The highest BCUT2D eigenvalue weighted by Gasteiger charge is 2.56. The van der Waals surface area contributed by atoms with E-state index in [1.165, 1.54) is 5.56 Å². The molecule has 1 aromatic carbocycles. The van der Waals surface area contributed by atoms with E-state index in [-0.39, 0.29) is 11.8 Å². The molecule has 0 amide bonds. The molecule has 1 aliphatic carbocycles. The van der Waals surface area contributed by atoms with Gasteiger partial charge in [-0.3, -0.25) is 9.69 Å². The molecular weight excluding hydrogens is 240 g/mol. The van der Waals surface area contributed by atoms with Crippen molar-refractivity contribution in [3.63, 3.8) is 0 Å². The molecule has 3 rings (SSSR count). The molecule has 4 nitrogen and oxygen atoms in total. The van der Waals surface area contributed by atoms with Crippen LogP contribution in [0.25, 0.3) is 0 Å². The monoisotopic (exact) mass is 260 g/mol. The number of carboxylic acids is 1. The van der Waals surface area contributed by atoms with Crippen molar-refractivity contribution < 1.29 is 9.90 Å². The molecule has 19 heavy (non-hydrogen) atoms. The van der Waals surface area contributed by atoms with Crippen molar-refractivity contribution in [2.75, 3.05) is 13.1 Å². The minimum absolute atomic E-state index is 0.0902. The van der Waals surface area contributed by atoms with E-state index < -0.39 is 11.5 Å². The minimum atomic E-state index is -0.993. The smallest absolute Gasteiger partial charge is 0.324 e. The molecule has 2 aliphatic rings. The van der Waals surface area contributed by atoms with Crippen molar-refractivity contribution in [3.8, 4) is 0 Å². The summed E-state index contributed by atoms with van der Waals surface area (Å²) in [5.41, 5.74) is 6.47. The van der Waals surface area contributed by atoms with Crippen LogP contribution in [0.4, 0.5) is 0 Å². The third kappa shape index (κ3) is 2.05. The lowest BCUT2D eigenvalue weighted by atomic mass is 9.78. The van der Waals surface area contributed by atoms with Crippen molar-refractivity contribution in [2.45, 2.75) is 24.9 Å². The molecule has 1 saturated heterocycles. The van der Waals surface area contributed by atoms with Crippen molar-refractivity contribution >= 4 is 5.97 Å². The first-order valence-corrected chi connectivity index (χ1v) is 6.89. The second-order valence-electron chi connectivity index (χ2n) is 5.89. The molecule has 2 bridgehead atoms. The Morgan fingerprint density at radius 2 is 1.84 bits per heavy atom. The second kappa shape index (κ2) is 4.62. The van der Waals surface area contributed by atoms with Crippen LogP contribution >= 0.6 is 0 Å². The Kier molecular flexibility index (Phi) is 3.07. The number of likely N-dealkylation sites (tertiary alicyclic amines) is 1. The Hall–Kier alpha value is -1.39. The molecule has 2 fully saturated rings. The first-order valence-electron chi connectivity index (χ1n) is 6.89. The lowest BCUT2D eigenvalue weighted by Crippen LogP contribution is -2.63. The molecule has 2 atom stereocenters. The third-order valence-electron chi connectivity index (χ3n) is 4.79. The van der Waals surface area contributed by atoms with Gasteiger partial charge in [-0.2, -0.15) is 0 Å². The van der Waals surface area contributed by atoms with Crippen molar-refractivity contribution in [2.24, 2.45) is 17.6 Å². The number of rotatable bonds is 3. The van der Waals surface area contributed by atoms with Gasteiger partial charge in [0.2, 0.25) is 0 Å². The van der Waals surface area contributed by atoms with Crippen LogP contribution in [-0.2, 0) is 11.3 Å². The van der Waals surface area contributed by atoms with Crippen molar-refractivity contribution in [3.05, 3.63) is 35.9 Å². The van der Waals surface area contributed by atoms with Crippen LogP contribution in [0.3, 0.4) is 0 Å². The van der Waals surface area contributed by atoms with E-state index >= 15 is 0 Å². The van der Waals surface area contributed by atoms with Crippen LogP contribution in [-0.4, -0.2) is 34.6 Å². The summed E-state index contributed by atoms with van der Waals surface area (Å²) in [7, 11) is 0. The van der Waals surface area contributed by atoms with E-state index in [4.69, 9.17) is 5.73 Å². The Labute approximate surface area is 113 Å². The number of carbonyl (C=O) groups is 1. The molecule has 1 aromatic rings. The summed E-state index contributed by atoms with van der Waals surface area (Å²) in [5.74, 6) is -0.640. The predicted octanol–water partition coefficient (Wildman–Crippen LogP) is 1.31. The van der Waals surface area contributed by atoms with Gasteiger partial charge < -0.3 is 10.8 Å². The fraction of sp³-hybridized carbons (Fsp3) is 0.533. The molecule has 0 radical (unpaired) electrons. The molecule has 0 unspecified atom stereocenters. The third-order valence-corrected chi connectivity index (χ3v) is 4.79. The Morgan fingerprint density at radius 3 is 2.37 bits per heavy atom. The summed E-state index contributed by atoms with van der Waals surface area (Å²) >= 11 is 0. The number of fused-ring (bicyclic) bond motifs is 2. The van der Waals surface area contributed by atoms with Gasteiger partial charge in [0.25, 0.3) is 0 Å². The van der Waals surface area contributed by atoms with Crippen molar-refractivity contribution in [1.82, 2.24) is 4.90 Å². The average molecular weight is 260 g/mol. The van der Waals surface area contributed by atoms with Gasteiger partial charge in [0.15, 0.2) is 0 Å². The summed E-state index contributed by atoms with van der Waals surface area (Å²) in [4.78, 5) is 13.8. The predicted molar refractivity (Wildman–Crippen MR) is 72.5 cm³/mol.